The predicted octanol–water partition coefficient (Wildman–Crippen LogP) is 5.08. The van der Waals surface area contributed by atoms with Gasteiger partial charge in [-0.3, -0.25) is 15.4 Å². The summed E-state index contributed by atoms with van der Waals surface area (Å²) in [6.45, 7) is 0. The zero-order chi connectivity index (χ0) is 18.7. The Morgan fingerprint density at radius 2 is 2.04 bits per heavy atom. The van der Waals surface area contributed by atoms with Crippen LogP contribution >= 0.6 is 34.7 Å². The van der Waals surface area contributed by atoms with Crippen molar-refractivity contribution >= 4 is 67.5 Å². The average molecular weight is 406 g/mol. The lowest BCUT2D eigenvalue weighted by Gasteiger charge is -2.04. The van der Waals surface area contributed by atoms with E-state index in [0.717, 1.165) is 16.5 Å². The number of nitro benzene ring substituents is 1. The molecule has 26 heavy (non-hydrogen) atoms. The highest BCUT2D eigenvalue weighted by Crippen LogP contribution is 2.35. The molecule has 2 N–H and O–H groups in total. The Morgan fingerprint density at radius 3 is 2.69 bits per heavy atom. The van der Waals surface area contributed by atoms with E-state index >= 15 is 0 Å². The number of hydrogen-bond donors (Lipinski definition) is 2. The molecule has 0 radical (unpaired) electrons. The fraction of sp³-hybridized carbons (Fsp3) is 0. The third kappa shape index (κ3) is 4.02. The summed E-state index contributed by atoms with van der Waals surface area (Å²) >= 11 is 8.18. The van der Waals surface area contributed by atoms with E-state index in [1.807, 2.05) is 5.40 Å². The second-order valence-corrected chi connectivity index (χ2v) is 7.14. The summed E-state index contributed by atoms with van der Waals surface area (Å²) < 4.78 is 0.737. The molecule has 0 aliphatic rings. The lowest BCUT2D eigenvalue weighted by atomic mass is 10.3. The number of benzene rings is 2. The van der Waals surface area contributed by atoms with Gasteiger partial charge in [0.1, 0.15) is 5.40 Å². The number of nitro groups is 1. The standard InChI is InChI=1S/C15H8ClN5O3S2/c16-8-5-11(25-7-17)13-12(6-8)26-15(19-13)20-14(22)18-9-1-3-10(4-2-9)21(23)24/h1-6H,(H2,18,19,20,22). The summed E-state index contributed by atoms with van der Waals surface area (Å²) in [5, 5.41) is 27.4. The van der Waals surface area contributed by atoms with Gasteiger partial charge in [-0.15, -0.1) is 0 Å². The molecule has 11 heteroatoms. The van der Waals surface area contributed by atoms with Gasteiger partial charge in [-0.2, -0.15) is 5.26 Å². The van der Waals surface area contributed by atoms with Gasteiger partial charge in [0.15, 0.2) is 5.13 Å². The van der Waals surface area contributed by atoms with E-state index in [1.165, 1.54) is 35.6 Å². The molecule has 0 bridgehead atoms. The minimum Gasteiger partial charge on any atom is -0.308 e. The van der Waals surface area contributed by atoms with Crippen molar-refractivity contribution in [2.75, 3.05) is 10.6 Å². The van der Waals surface area contributed by atoms with Crippen LogP contribution in [0.15, 0.2) is 41.3 Å². The molecule has 1 heterocycles. The number of halogens is 1. The highest BCUT2D eigenvalue weighted by molar-refractivity contribution is 8.04. The van der Waals surface area contributed by atoms with Crippen LogP contribution in [0.2, 0.25) is 5.02 Å². The SMILES string of the molecule is N#CSc1cc(Cl)cc2sc(NC(=O)Nc3ccc([N+](=O)[O-])cc3)nc12. The third-order valence-electron chi connectivity index (χ3n) is 3.14. The number of thiocyanates is 1. The van der Waals surface area contributed by atoms with Crippen molar-refractivity contribution in [1.29, 1.82) is 5.26 Å². The Hall–Kier alpha value is -2.87. The molecule has 2 amide bonds. The van der Waals surface area contributed by atoms with Crippen LogP contribution < -0.4 is 10.6 Å². The highest BCUT2D eigenvalue weighted by Gasteiger charge is 2.13. The van der Waals surface area contributed by atoms with Crippen LogP contribution in [-0.2, 0) is 0 Å². The van der Waals surface area contributed by atoms with Gasteiger partial charge < -0.3 is 5.32 Å². The monoisotopic (exact) mass is 405 g/mol. The molecule has 2 aromatic carbocycles. The first-order valence-electron chi connectivity index (χ1n) is 6.95. The molecule has 0 saturated carbocycles. The van der Waals surface area contributed by atoms with Crippen LogP contribution in [0.3, 0.4) is 0 Å². The van der Waals surface area contributed by atoms with E-state index in [2.05, 4.69) is 15.6 Å². The summed E-state index contributed by atoms with van der Waals surface area (Å²) in [6.07, 6.45) is 0. The van der Waals surface area contributed by atoms with Gasteiger partial charge in [-0.1, -0.05) is 22.9 Å². The molecule has 1 aromatic heterocycles. The molecule has 0 saturated heterocycles. The van der Waals surface area contributed by atoms with Crippen LogP contribution in [-0.4, -0.2) is 15.9 Å². The number of aromatic nitrogens is 1. The van der Waals surface area contributed by atoms with E-state index in [1.54, 1.807) is 12.1 Å². The maximum atomic E-state index is 12.1. The minimum atomic E-state index is -0.543. The fourth-order valence-electron chi connectivity index (χ4n) is 2.07. The molecule has 0 spiro atoms. The number of rotatable bonds is 4. The lowest BCUT2D eigenvalue weighted by Crippen LogP contribution is -2.19. The van der Waals surface area contributed by atoms with Gasteiger partial charge in [0, 0.05) is 22.8 Å². The van der Waals surface area contributed by atoms with Gasteiger partial charge in [0.2, 0.25) is 0 Å². The first-order chi connectivity index (χ1) is 12.5. The maximum absolute atomic E-state index is 12.1. The lowest BCUT2D eigenvalue weighted by molar-refractivity contribution is -0.384. The molecule has 0 fully saturated rings. The molecular formula is C15H8ClN5O3S2. The van der Waals surface area contributed by atoms with Crippen molar-refractivity contribution in [2.24, 2.45) is 0 Å². The maximum Gasteiger partial charge on any atom is 0.325 e. The van der Waals surface area contributed by atoms with Crippen LogP contribution in [0.25, 0.3) is 10.2 Å². The fourth-order valence-corrected chi connectivity index (χ4v) is 3.95. The molecule has 0 aliphatic carbocycles. The topological polar surface area (TPSA) is 121 Å². The summed E-state index contributed by atoms with van der Waals surface area (Å²) in [5.41, 5.74) is 0.913. The van der Waals surface area contributed by atoms with Crippen molar-refractivity contribution in [3.05, 3.63) is 51.5 Å². The molecule has 0 unspecified atom stereocenters. The van der Waals surface area contributed by atoms with Crippen molar-refractivity contribution in [3.63, 3.8) is 0 Å². The molecule has 3 aromatic rings. The van der Waals surface area contributed by atoms with Crippen molar-refractivity contribution in [3.8, 4) is 5.40 Å². The predicted molar refractivity (Wildman–Crippen MR) is 102 cm³/mol. The summed E-state index contributed by atoms with van der Waals surface area (Å²) in [7, 11) is 0. The van der Waals surface area contributed by atoms with Gasteiger partial charge in [0.05, 0.1) is 20.0 Å². The Labute approximate surface area is 159 Å². The van der Waals surface area contributed by atoms with Crippen LogP contribution in [0.5, 0.6) is 0 Å². The second kappa shape index (κ2) is 7.57. The average Bonchev–Trinajstić information content (AvgIpc) is 2.97. The van der Waals surface area contributed by atoms with Gasteiger partial charge in [-0.05, 0) is 36.0 Å². The first kappa shape index (κ1) is 17.9. The second-order valence-electron chi connectivity index (χ2n) is 4.85. The first-order valence-corrected chi connectivity index (χ1v) is 8.96. The number of thiazole rings is 1. The van der Waals surface area contributed by atoms with E-state index < -0.39 is 11.0 Å². The number of urea groups is 1. The zero-order valence-corrected chi connectivity index (χ0v) is 15.1. The van der Waals surface area contributed by atoms with Crippen LogP contribution in [0.4, 0.5) is 21.3 Å². The Bertz CT molecular complexity index is 1050. The minimum absolute atomic E-state index is 0.0680. The number of thioether (sulfide) groups is 1. The number of fused-ring (bicyclic) bond motifs is 1. The Balaban J connectivity index is 1.76. The number of hydrogen-bond acceptors (Lipinski definition) is 7. The molecule has 0 atom stereocenters. The van der Waals surface area contributed by atoms with E-state index in [0.29, 0.717) is 26.3 Å². The molecule has 0 aliphatic heterocycles. The largest absolute Gasteiger partial charge is 0.325 e. The van der Waals surface area contributed by atoms with E-state index in [-0.39, 0.29) is 5.69 Å². The van der Waals surface area contributed by atoms with Gasteiger partial charge >= 0.3 is 6.03 Å². The van der Waals surface area contributed by atoms with Gasteiger partial charge in [-0.25, -0.2) is 9.78 Å². The zero-order valence-electron chi connectivity index (χ0n) is 12.7. The molecule has 8 nitrogen and oxygen atoms in total. The number of anilines is 2. The summed E-state index contributed by atoms with van der Waals surface area (Å²) in [4.78, 5) is 27.1. The highest BCUT2D eigenvalue weighted by atomic mass is 35.5. The van der Waals surface area contributed by atoms with Crippen LogP contribution in [0.1, 0.15) is 0 Å². The van der Waals surface area contributed by atoms with Gasteiger partial charge in [0.25, 0.3) is 5.69 Å². The number of carbonyl (C=O) groups excluding carboxylic acids is 1. The molecular weight excluding hydrogens is 398 g/mol. The number of non-ortho nitro benzene ring substituents is 1. The number of nitrogens with one attached hydrogen (secondary N) is 2. The molecule has 130 valence electrons. The van der Waals surface area contributed by atoms with Crippen LogP contribution in [0, 0.1) is 20.8 Å². The number of nitriles is 1. The normalized spacial score (nSPS) is 10.3. The summed E-state index contributed by atoms with van der Waals surface area (Å²) in [6, 6.07) is 8.24. The Morgan fingerprint density at radius 1 is 1.31 bits per heavy atom. The third-order valence-corrected chi connectivity index (χ3v) is 4.90. The molecule has 3 rings (SSSR count). The van der Waals surface area contributed by atoms with Crippen molar-refractivity contribution in [1.82, 2.24) is 4.98 Å². The number of carbonyl (C=O) groups is 1. The summed E-state index contributed by atoms with van der Waals surface area (Å²) in [5.74, 6) is 0. The Kier molecular flexibility index (Phi) is 5.22. The quantitative estimate of drug-likeness (QED) is 0.270. The van der Waals surface area contributed by atoms with Crippen molar-refractivity contribution < 1.29 is 9.72 Å². The number of nitrogens with zero attached hydrogens (tertiary/aromatic N) is 3. The van der Waals surface area contributed by atoms with E-state index in [4.69, 9.17) is 16.9 Å². The smallest absolute Gasteiger partial charge is 0.308 e. The number of amides is 2. The van der Waals surface area contributed by atoms with Crippen molar-refractivity contribution in [2.45, 2.75) is 4.90 Å². The van der Waals surface area contributed by atoms with E-state index in [9.17, 15) is 14.9 Å².